The van der Waals surface area contributed by atoms with E-state index in [4.69, 9.17) is 9.72 Å². The molecular formula is C21H29N3O3S. The average Bonchev–Trinajstić information content (AvgIpc) is 2.70. The van der Waals surface area contributed by atoms with Crippen LogP contribution in [-0.4, -0.2) is 50.1 Å². The molecule has 1 saturated carbocycles. The van der Waals surface area contributed by atoms with Gasteiger partial charge in [0.1, 0.15) is 5.82 Å². The van der Waals surface area contributed by atoms with Gasteiger partial charge in [0, 0.05) is 24.5 Å². The van der Waals surface area contributed by atoms with E-state index in [1.165, 1.54) is 49.3 Å². The van der Waals surface area contributed by atoms with E-state index in [1.807, 2.05) is 18.2 Å². The number of rotatable bonds is 4. The zero-order valence-corrected chi connectivity index (χ0v) is 17.1. The van der Waals surface area contributed by atoms with Gasteiger partial charge in [-0.25, -0.2) is 13.4 Å². The van der Waals surface area contributed by atoms with Crippen molar-refractivity contribution < 1.29 is 13.2 Å². The Hall–Kier alpha value is -1.70. The first-order chi connectivity index (χ1) is 13.6. The lowest BCUT2D eigenvalue weighted by Gasteiger charge is -2.26. The summed E-state index contributed by atoms with van der Waals surface area (Å²) in [6, 6.07) is 9.61. The van der Waals surface area contributed by atoms with Gasteiger partial charge >= 0.3 is 0 Å². The van der Waals surface area contributed by atoms with Crippen LogP contribution in [0.25, 0.3) is 10.9 Å². The number of pyridine rings is 1. The molecule has 4 rings (SSSR count). The van der Waals surface area contributed by atoms with Gasteiger partial charge in [0.05, 0.1) is 23.6 Å². The molecule has 1 aromatic heterocycles. The molecule has 28 heavy (non-hydrogen) atoms. The molecule has 0 radical (unpaired) electrons. The van der Waals surface area contributed by atoms with Crippen molar-refractivity contribution in [3.05, 3.63) is 30.3 Å². The third-order valence-corrected chi connectivity index (χ3v) is 7.62. The van der Waals surface area contributed by atoms with Crippen molar-refractivity contribution in [3.63, 3.8) is 0 Å². The smallest absolute Gasteiger partial charge is 0.243 e. The molecule has 1 saturated heterocycles. The number of morpholine rings is 1. The first kappa shape index (κ1) is 19.6. The molecule has 7 heteroatoms. The second-order valence-electron chi connectivity index (χ2n) is 7.75. The molecule has 1 N–H and O–H groups in total. The minimum absolute atomic E-state index is 0.324. The van der Waals surface area contributed by atoms with E-state index in [1.54, 1.807) is 12.1 Å². The van der Waals surface area contributed by atoms with E-state index in [0.29, 0.717) is 37.2 Å². The molecular weight excluding hydrogens is 374 g/mol. The Morgan fingerprint density at radius 3 is 2.43 bits per heavy atom. The molecule has 0 amide bonds. The Kier molecular flexibility index (Phi) is 6.13. The maximum Gasteiger partial charge on any atom is 0.243 e. The van der Waals surface area contributed by atoms with Gasteiger partial charge < -0.3 is 10.1 Å². The van der Waals surface area contributed by atoms with Crippen LogP contribution in [0.5, 0.6) is 0 Å². The summed E-state index contributed by atoms with van der Waals surface area (Å²) in [6.45, 7) is 1.71. The van der Waals surface area contributed by atoms with Gasteiger partial charge in [-0.05, 0) is 43.2 Å². The van der Waals surface area contributed by atoms with E-state index in [-0.39, 0.29) is 0 Å². The molecule has 0 unspecified atom stereocenters. The Labute approximate surface area is 167 Å². The van der Waals surface area contributed by atoms with Crippen LogP contribution in [0.15, 0.2) is 35.2 Å². The summed E-state index contributed by atoms with van der Waals surface area (Å²) in [5, 5.41) is 4.43. The molecule has 0 spiro atoms. The first-order valence-electron chi connectivity index (χ1n) is 10.4. The van der Waals surface area contributed by atoms with Crippen LogP contribution < -0.4 is 5.32 Å². The number of aromatic nitrogens is 1. The van der Waals surface area contributed by atoms with Crippen LogP contribution >= 0.6 is 0 Å². The Morgan fingerprint density at radius 2 is 1.68 bits per heavy atom. The summed E-state index contributed by atoms with van der Waals surface area (Å²) in [5.74, 6) is 0.877. The molecule has 1 aromatic carbocycles. The van der Waals surface area contributed by atoms with Crippen molar-refractivity contribution >= 4 is 26.7 Å². The van der Waals surface area contributed by atoms with Gasteiger partial charge in [0.2, 0.25) is 10.0 Å². The highest BCUT2D eigenvalue weighted by Gasteiger charge is 2.26. The summed E-state index contributed by atoms with van der Waals surface area (Å²) in [4.78, 5) is 5.04. The molecule has 1 aliphatic heterocycles. The summed E-state index contributed by atoms with van der Waals surface area (Å²) >= 11 is 0. The molecule has 1 aliphatic carbocycles. The molecule has 152 valence electrons. The maximum absolute atomic E-state index is 12.9. The number of ether oxygens (including phenoxy) is 1. The van der Waals surface area contributed by atoms with Crippen molar-refractivity contribution in [2.75, 3.05) is 31.6 Å². The lowest BCUT2D eigenvalue weighted by atomic mass is 9.97. The van der Waals surface area contributed by atoms with Crippen LogP contribution in [0, 0.1) is 0 Å². The van der Waals surface area contributed by atoms with Crippen molar-refractivity contribution in [2.45, 2.75) is 55.9 Å². The van der Waals surface area contributed by atoms with Crippen LogP contribution in [0.3, 0.4) is 0 Å². The number of nitrogens with zero attached hydrogens (tertiary/aromatic N) is 2. The van der Waals surface area contributed by atoms with Gasteiger partial charge in [-0.1, -0.05) is 32.1 Å². The standard InChI is InChI=1S/C21H29N3O3S/c25-28(26,24-12-14-27-15-13-24)19-9-10-20-17(16-19)8-11-21(23-20)22-18-6-4-2-1-3-5-7-18/h8-11,16,18H,1-7,12-15H2,(H,22,23). The van der Waals surface area contributed by atoms with Crippen LogP contribution in [0.1, 0.15) is 44.9 Å². The number of hydrogen-bond acceptors (Lipinski definition) is 5. The molecule has 2 heterocycles. The van der Waals surface area contributed by atoms with Crippen LogP contribution in [0.4, 0.5) is 5.82 Å². The van der Waals surface area contributed by atoms with Gasteiger partial charge in [-0.2, -0.15) is 4.31 Å². The van der Waals surface area contributed by atoms with Crippen molar-refractivity contribution in [2.24, 2.45) is 0 Å². The SMILES string of the molecule is O=S(=O)(c1ccc2nc(NC3CCCCCCC3)ccc2c1)N1CCOCC1. The third-order valence-electron chi connectivity index (χ3n) is 5.73. The second-order valence-corrected chi connectivity index (χ2v) is 9.69. The van der Waals surface area contributed by atoms with Gasteiger partial charge in [-0.15, -0.1) is 0 Å². The third kappa shape index (κ3) is 4.47. The lowest BCUT2D eigenvalue weighted by molar-refractivity contribution is 0.0730. The fraction of sp³-hybridized carbons (Fsp3) is 0.571. The topological polar surface area (TPSA) is 71.5 Å². The predicted molar refractivity (Wildman–Crippen MR) is 111 cm³/mol. The van der Waals surface area contributed by atoms with Gasteiger partial charge in [-0.3, -0.25) is 0 Å². The fourth-order valence-electron chi connectivity index (χ4n) is 4.09. The Morgan fingerprint density at radius 1 is 0.964 bits per heavy atom. The second kappa shape index (κ2) is 8.76. The van der Waals surface area contributed by atoms with E-state index in [2.05, 4.69) is 5.32 Å². The molecule has 0 atom stereocenters. The van der Waals surface area contributed by atoms with Crippen molar-refractivity contribution in [3.8, 4) is 0 Å². The van der Waals surface area contributed by atoms with Crippen LogP contribution in [-0.2, 0) is 14.8 Å². The number of nitrogens with one attached hydrogen (secondary N) is 1. The van der Waals surface area contributed by atoms with E-state index >= 15 is 0 Å². The zero-order valence-electron chi connectivity index (χ0n) is 16.3. The normalized spacial score (nSPS) is 20.6. The van der Waals surface area contributed by atoms with Crippen molar-refractivity contribution in [1.82, 2.24) is 9.29 Å². The summed E-state index contributed by atoms with van der Waals surface area (Å²) < 4.78 is 32.5. The van der Waals surface area contributed by atoms with Gasteiger partial charge in [0.25, 0.3) is 0 Å². The van der Waals surface area contributed by atoms with Crippen LogP contribution in [0.2, 0.25) is 0 Å². The highest BCUT2D eigenvalue weighted by molar-refractivity contribution is 7.89. The zero-order chi connectivity index (χ0) is 19.4. The molecule has 2 aliphatic rings. The predicted octanol–water partition coefficient (Wildman–Crippen LogP) is 3.78. The molecule has 0 bridgehead atoms. The quantitative estimate of drug-likeness (QED) is 0.841. The Bertz CT molecular complexity index is 902. The lowest BCUT2D eigenvalue weighted by Crippen LogP contribution is -2.40. The minimum atomic E-state index is -3.48. The molecule has 6 nitrogen and oxygen atoms in total. The van der Waals surface area contributed by atoms with E-state index in [9.17, 15) is 8.42 Å². The molecule has 2 fully saturated rings. The fourth-order valence-corrected chi connectivity index (χ4v) is 5.53. The number of hydrogen-bond donors (Lipinski definition) is 1. The summed E-state index contributed by atoms with van der Waals surface area (Å²) in [5.41, 5.74) is 0.816. The van der Waals surface area contributed by atoms with E-state index in [0.717, 1.165) is 16.7 Å². The molecule has 2 aromatic rings. The summed E-state index contributed by atoms with van der Waals surface area (Å²) in [6.07, 6.45) is 8.93. The van der Waals surface area contributed by atoms with Crippen molar-refractivity contribution in [1.29, 1.82) is 0 Å². The monoisotopic (exact) mass is 403 g/mol. The summed E-state index contributed by atoms with van der Waals surface area (Å²) in [7, 11) is -3.48. The number of anilines is 1. The largest absolute Gasteiger partial charge is 0.379 e. The van der Waals surface area contributed by atoms with Gasteiger partial charge in [0.15, 0.2) is 0 Å². The number of fused-ring (bicyclic) bond motifs is 1. The first-order valence-corrected chi connectivity index (χ1v) is 11.8. The number of sulfonamides is 1. The highest BCUT2D eigenvalue weighted by Crippen LogP contribution is 2.25. The highest BCUT2D eigenvalue weighted by atomic mass is 32.2. The minimum Gasteiger partial charge on any atom is -0.379 e. The number of benzene rings is 1. The maximum atomic E-state index is 12.9. The Balaban J connectivity index is 1.52. The van der Waals surface area contributed by atoms with E-state index < -0.39 is 10.0 Å². The average molecular weight is 404 g/mol.